The zero-order valence-corrected chi connectivity index (χ0v) is 13.1. The summed E-state index contributed by atoms with van der Waals surface area (Å²) in [5.74, 6) is 0.507. The molecule has 0 spiro atoms. The van der Waals surface area contributed by atoms with Gasteiger partial charge in [-0.3, -0.25) is 4.79 Å². The number of hydrogen-bond acceptors (Lipinski definition) is 2. The van der Waals surface area contributed by atoms with Gasteiger partial charge in [-0.05, 0) is 36.8 Å². The topological polar surface area (TPSA) is 29.5 Å². The number of amides is 1. The summed E-state index contributed by atoms with van der Waals surface area (Å²) in [4.78, 5) is 14.3. The van der Waals surface area contributed by atoms with Crippen LogP contribution in [0.25, 0.3) is 0 Å². The predicted molar refractivity (Wildman–Crippen MR) is 85.0 cm³/mol. The number of ether oxygens (including phenoxy) is 1. The summed E-state index contributed by atoms with van der Waals surface area (Å²) in [6, 6.07) is 14.7. The van der Waals surface area contributed by atoms with Crippen LogP contribution in [-0.2, 0) is 0 Å². The average Bonchev–Trinajstić information content (AvgIpc) is 2.53. The molecular weight excluding hydrogens is 286 g/mol. The van der Waals surface area contributed by atoms with Crippen LogP contribution in [0.15, 0.2) is 48.5 Å². The Hall–Kier alpha value is -2.00. The molecule has 1 atom stereocenters. The number of rotatable bonds is 4. The van der Waals surface area contributed by atoms with Crippen molar-refractivity contribution in [1.29, 1.82) is 0 Å². The summed E-state index contributed by atoms with van der Waals surface area (Å²) in [7, 11) is 3.35. The third-order valence-electron chi connectivity index (χ3n) is 3.59. The molecule has 2 aromatic rings. The van der Waals surface area contributed by atoms with E-state index in [0.29, 0.717) is 16.3 Å². The van der Waals surface area contributed by atoms with Crippen LogP contribution >= 0.6 is 11.6 Å². The smallest absolute Gasteiger partial charge is 0.257 e. The molecule has 0 aliphatic rings. The maximum Gasteiger partial charge on any atom is 0.257 e. The van der Waals surface area contributed by atoms with Gasteiger partial charge >= 0.3 is 0 Å². The van der Waals surface area contributed by atoms with Crippen LogP contribution in [0.1, 0.15) is 28.9 Å². The van der Waals surface area contributed by atoms with Crippen molar-refractivity contribution in [2.24, 2.45) is 0 Å². The van der Waals surface area contributed by atoms with E-state index in [2.05, 4.69) is 0 Å². The number of benzene rings is 2. The molecule has 0 N–H and O–H groups in total. The van der Waals surface area contributed by atoms with Gasteiger partial charge in [0.05, 0.1) is 18.7 Å². The summed E-state index contributed by atoms with van der Waals surface area (Å²) in [5, 5.41) is 0.685. The minimum Gasteiger partial charge on any atom is -0.496 e. The Labute approximate surface area is 130 Å². The first-order chi connectivity index (χ1) is 10.0. The molecule has 0 heterocycles. The lowest BCUT2D eigenvalue weighted by molar-refractivity contribution is 0.0739. The molecule has 2 aromatic carbocycles. The van der Waals surface area contributed by atoms with E-state index in [0.717, 1.165) is 5.56 Å². The van der Waals surface area contributed by atoms with Crippen molar-refractivity contribution >= 4 is 17.5 Å². The lowest BCUT2D eigenvalue weighted by Crippen LogP contribution is -2.29. The molecule has 0 aromatic heterocycles. The highest BCUT2D eigenvalue weighted by atomic mass is 35.5. The van der Waals surface area contributed by atoms with Crippen molar-refractivity contribution in [2.75, 3.05) is 14.2 Å². The number of nitrogens with zero attached hydrogens (tertiary/aromatic N) is 1. The summed E-state index contributed by atoms with van der Waals surface area (Å²) in [6.45, 7) is 1.98. The molecule has 1 amide bonds. The van der Waals surface area contributed by atoms with Gasteiger partial charge in [-0.2, -0.15) is 0 Å². The highest BCUT2D eigenvalue weighted by Crippen LogP contribution is 2.25. The molecule has 0 aliphatic carbocycles. The van der Waals surface area contributed by atoms with Crippen molar-refractivity contribution in [3.05, 3.63) is 64.7 Å². The van der Waals surface area contributed by atoms with Gasteiger partial charge in [0.1, 0.15) is 5.75 Å². The Morgan fingerprint density at radius 1 is 1.14 bits per heavy atom. The number of hydrogen-bond donors (Lipinski definition) is 0. The van der Waals surface area contributed by atoms with E-state index in [9.17, 15) is 4.79 Å². The van der Waals surface area contributed by atoms with Gasteiger partial charge < -0.3 is 9.64 Å². The van der Waals surface area contributed by atoms with Crippen LogP contribution < -0.4 is 4.74 Å². The van der Waals surface area contributed by atoms with E-state index in [-0.39, 0.29) is 11.9 Å². The Kier molecular flexibility index (Phi) is 4.86. The standard InChI is InChI=1S/C17H18ClNO2/c1-12(13-8-10-14(18)11-9-13)19(2)17(20)15-6-4-5-7-16(15)21-3/h4-12H,1-3H3. The van der Waals surface area contributed by atoms with Gasteiger partial charge in [-0.15, -0.1) is 0 Å². The number of halogens is 1. The minimum absolute atomic E-state index is 0.0559. The van der Waals surface area contributed by atoms with Crippen LogP contribution in [0.2, 0.25) is 5.02 Å². The Morgan fingerprint density at radius 3 is 2.38 bits per heavy atom. The molecule has 2 rings (SSSR count). The molecular formula is C17H18ClNO2. The molecule has 110 valence electrons. The zero-order valence-electron chi connectivity index (χ0n) is 12.3. The monoisotopic (exact) mass is 303 g/mol. The Balaban J connectivity index is 2.24. The normalized spacial score (nSPS) is 11.8. The number of carbonyl (C=O) groups excluding carboxylic acids is 1. The second kappa shape index (κ2) is 6.64. The fourth-order valence-corrected chi connectivity index (χ4v) is 2.28. The molecule has 0 bridgehead atoms. The summed E-state index contributed by atoms with van der Waals surface area (Å²) < 4.78 is 5.25. The number of carbonyl (C=O) groups is 1. The first kappa shape index (κ1) is 15.4. The van der Waals surface area contributed by atoms with Gasteiger partial charge in [0.15, 0.2) is 0 Å². The lowest BCUT2D eigenvalue weighted by atomic mass is 10.1. The molecule has 21 heavy (non-hydrogen) atoms. The highest BCUT2D eigenvalue weighted by Gasteiger charge is 2.21. The lowest BCUT2D eigenvalue weighted by Gasteiger charge is -2.26. The van der Waals surface area contributed by atoms with Crippen molar-refractivity contribution < 1.29 is 9.53 Å². The summed E-state index contributed by atoms with van der Waals surface area (Å²) >= 11 is 5.90. The van der Waals surface area contributed by atoms with Crippen LogP contribution in [0.3, 0.4) is 0 Å². The fraction of sp³-hybridized carbons (Fsp3) is 0.235. The second-order valence-electron chi connectivity index (χ2n) is 4.84. The van der Waals surface area contributed by atoms with E-state index < -0.39 is 0 Å². The fourth-order valence-electron chi connectivity index (χ4n) is 2.15. The SMILES string of the molecule is COc1ccccc1C(=O)N(C)C(C)c1ccc(Cl)cc1. The van der Waals surface area contributed by atoms with Gasteiger partial charge in [-0.25, -0.2) is 0 Å². The maximum absolute atomic E-state index is 12.6. The highest BCUT2D eigenvalue weighted by molar-refractivity contribution is 6.30. The molecule has 0 fully saturated rings. The van der Waals surface area contributed by atoms with E-state index in [1.165, 1.54) is 0 Å². The van der Waals surface area contributed by atoms with Crippen molar-refractivity contribution in [1.82, 2.24) is 4.90 Å². The van der Waals surface area contributed by atoms with Crippen molar-refractivity contribution in [3.8, 4) is 5.75 Å². The predicted octanol–water partition coefficient (Wildman–Crippen LogP) is 4.18. The summed E-state index contributed by atoms with van der Waals surface area (Å²) in [6.07, 6.45) is 0. The van der Waals surface area contributed by atoms with E-state index in [1.807, 2.05) is 43.3 Å². The molecule has 0 aliphatic heterocycles. The van der Waals surface area contributed by atoms with Gasteiger partial charge in [0.2, 0.25) is 0 Å². The number of methoxy groups -OCH3 is 1. The second-order valence-corrected chi connectivity index (χ2v) is 5.28. The molecule has 1 unspecified atom stereocenters. The molecule has 4 heteroatoms. The first-order valence-electron chi connectivity index (χ1n) is 6.70. The molecule has 0 radical (unpaired) electrons. The largest absolute Gasteiger partial charge is 0.496 e. The number of para-hydroxylation sites is 1. The molecule has 0 saturated heterocycles. The van der Waals surface area contributed by atoms with Gasteiger partial charge in [-0.1, -0.05) is 35.9 Å². The third kappa shape index (κ3) is 3.37. The van der Waals surface area contributed by atoms with E-state index in [4.69, 9.17) is 16.3 Å². The Morgan fingerprint density at radius 2 is 1.76 bits per heavy atom. The van der Waals surface area contributed by atoms with E-state index in [1.54, 1.807) is 31.2 Å². The van der Waals surface area contributed by atoms with Gasteiger partial charge in [0.25, 0.3) is 5.91 Å². The third-order valence-corrected chi connectivity index (χ3v) is 3.84. The Bertz CT molecular complexity index is 625. The first-order valence-corrected chi connectivity index (χ1v) is 7.08. The van der Waals surface area contributed by atoms with Crippen LogP contribution in [0, 0.1) is 0 Å². The van der Waals surface area contributed by atoms with Crippen LogP contribution in [0.5, 0.6) is 5.75 Å². The van der Waals surface area contributed by atoms with Crippen LogP contribution in [0.4, 0.5) is 0 Å². The summed E-state index contributed by atoms with van der Waals surface area (Å²) in [5.41, 5.74) is 1.59. The van der Waals surface area contributed by atoms with Crippen LogP contribution in [-0.4, -0.2) is 25.0 Å². The quantitative estimate of drug-likeness (QED) is 0.848. The minimum atomic E-state index is -0.0742. The zero-order chi connectivity index (χ0) is 15.4. The van der Waals surface area contributed by atoms with Crippen molar-refractivity contribution in [2.45, 2.75) is 13.0 Å². The maximum atomic E-state index is 12.6. The van der Waals surface area contributed by atoms with Crippen molar-refractivity contribution in [3.63, 3.8) is 0 Å². The molecule has 3 nitrogen and oxygen atoms in total. The average molecular weight is 304 g/mol. The van der Waals surface area contributed by atoms with E-state index >= 15 is 0 Å². The van der Waals surface area contributed by atoms with Gasteiger partial charge in [0, 0.05) is 12.1 Å². The molecule has 0 saturated carbocycles.